The molecule has 2 bridgehead atoms. The van der Waals surface area contributed by atoms with Crippen LogP contribution in [0.5, 0.6) is 0 Å². The number of rotatable bonds is 3. The van der Waals surface area contributed by atoms with Crippen molar-refractivity contribution in [3.05, 3.63) is 84.0 Å². The molecule has 0 unspecified atom stereocenters. The monoisotopic (exact) mass is 424 g/mol. The summed E-state index contributed by atoms with van der Waals surface area (Å²) in [5.41, 5.74) is 3.48. The lowest BCUT2D eigenvalue weighted by Crippen LogP contribution is -2.35. The Bertz CT molecular complexity index is 1150. The molecule has 0 spiro atoms. The Kier molecular flexibility index (Phi) is 4.39. The molecule has 1 saturated heterocycles. The highest BCUT2D eigenvalue weighted by Gasteiger charge is 2.59. The summed E-state index contributed by atoms with van der Waals surface area (Å²) in [5, 5.41) is 0. The van der Waals surface area contributed by atoms with E-state index in [1.54, 1.807) is 24.3 Å². The molecule has 5 nitrogen and oxygen atoms in total. The van der Waals surface area contributed by atoms with E-state index >= 15 is 0 Å². The zero-order chi connectivity index (χ0) is 21.8. The van der Waals surface area contributed by atoms with Crippen molar-refractivity contribution in [2.24, 2.45) is 23.7 Å². The van der Waals surface area contributed by atoms with E-state index in [0.717, 1.165) is 12.8 Å². The summed E-state index contributed by atoms with van der Waals surface area (Å²) in [5.74, 6) is -0.424. The number of anilines is 1. The van der Waals surface area contributed by atoms with Crippen LogP contribution < -0.4 is 4.90 Å². The zero-order valence-corrected chi connectivity index (χ0v) is 17.7. The van der Waals surface area contributed by atoms with E-state index in [4.69, 9.17) is 0 Å². The van der Waals surface area contributed by atoms with Crippen LogP contribution in [0.3, 0.4) is 0 Å². The highest BCUT2D eigenvalue weighted by Crippen LogP contribution is 2.53. The van der Waals surface area contributed by atoms with E-state index in [0.29, 0.717) is 24.3 Å². The molecule has 3 amide bonds. The van der Waals surface area contributed by atoms with Crippen LogP contribution in [0.4, 0.5) is 5.69 Å². The third kappa shape index (κ3) is 2.88. The maximum absolute atomic E-state index is 13.2. The van der Waals surface area contributed by atoms with Gasteiger partial charge in [-0.3, -0.25) is 14.4 Å². The van der Waals surface area contributed by atoms with Gasteiger partial charge >= 0.3 is 0 Å². The molecule has 2 aliphatic carbocycles. The van der Waals surface area contributed by atoms with Crippen molar-refractivity contribution in [1.29, 1.82) is 0 Å². The van der Waals surface area contributed by atoms with Crippen LogP contribution in [-0.4, -0.2) is 35.7 Å². The first-order valence-corrected chi connectivity index (χ1v) is 11.3. The molecule has 0 N–H and O–H groups in total. The first-order valence-electron chi connectivity index (χ1n) is 11.3. The van der Waals surface area contributed by atoms with Gasteiger partial charge in [0, 0.05) is 18.7 Å². The Morgan fingerprint density at radius 2 is 1.59 bits per heavy atom. The van der Waals surface area contributed by atoms with Crippen molar-refractivity contribution in [3.63, 3.8) is 0 Å². The average molecular weight is 425 g/mol. The van der Waals surface area contributed by atoms with Gasteiger partial charge in [-0.2, -0.15) is 0 Å². The van der Waals surface area contributed by atoms with Gasteiger partial charge in [-0.1, -0.05) is 54.6 Å². The van der Waals surface area contributed by atoms with Gasteiger partial charge in [0.05, 0.1) is 17.5 Å². The molecule has 160 valence electrons. The highest BCUT2D eigenvalue weighted by molar-refractivity contribution is 6.23. The molecule has 1 saturated carbocycles. The summed E-state index contributed by atoms with van der Waals surface area (Å²) in [6, 6.07) is 17.2. The van der Waals surface area contributed by atoms with Crippen LogP contribution in [0.15, 0.2) is 72.8 Å². The van der Waals surface area contributed by atoms with E-state index in [2.05, 4.69) is 30.4 Å². The van der Waals surface area contributed by atoms with E-state index in [1.807, 2.05) is 23.1 Å². The fourth-order valence-corrected chi connectivity index (χ4v) is 5.89. The second-order valence-corrected chi connectivity index (χ2v) is 9.16. The Morgan fingerprint density at radius 3 is 2.25 bits per heavy atom. The number of nitrogens with zero attached hydrogens (tertiary/aromatic N) is 2. The quantitative estimate of drug-likeness (QED) is 0.554. The van der Waals surface area contributed by atoms with Crippen molar-refractivity contribution >= 4 is 29.0 Å². The predicted octanol–water partition coefficient (Wildman–Crippen LogP) is 3.93. The Balaban J connectivity index is 1.22. The minimum atomic E-state index is -0.236. The third-order valence-electron chi connectivity index (χ3n) is 7.46. The molecule has 2 aromatic carbocycles. The number of hydrogen-bond donors (Lipinski definition) is 0. The smallest absolute Gasteiger partial charge is 0.254 e. The summed E-state index contributed by atoms with van der Waals surface area (Å²) >= 11 is 0. The maximum atomic E-state index is 13.2. The molecular weight excluding hydrogens is 400 g/mol. The molecule has 32 heavy (non-hydrogen) atoms. The minimum Gasteiger partial charge on any atom is -0.335 e. The minimum absolute atomic E-state index is 0.0729. The lowest BCUT2D eigenvalue weighted by atomic mass is 9.85. The van der Waals surface area contributed by atoms with Crippen molar-refractivity contribution < 1.29 is 14.4 Å². The largest absolute Gasteiger partial charge is 0.335 e. The lowest BCUT2D eigenvalue weighted by Gasteiger charge is -2.27. The Labute approximate surface area is 187 Å². The topological polar surface area (TPSA) is 57.7 Å². The molecule has 4 atom stereocenters. The lowest BCUT2D eigenvalue weighted by molar-refractivity contribution is -0.123. The van der Waals surface area contributed by atoms with Gasteiger partial charge < -0.3 is 4.90 Å². The van der Waals surface area contributed by atoms with E-state index in [1.165, 1.54) is 16.0 Å². The molecule has 6 rings (SSSR count). The summed E-state index contributed by atoms with van der Waals surface area (Å²) in [6.45, 7) is 1.19. The van der Waals surface area contributed by atoms with Crippen LogP contribution in [0.25, 0.3) is 5.57 Å². The normalized spacial score (nSPS) is 28.3. The summed E-state index contributed by atoms with van der Waals surface area (Å²) in [7, 11) is 0. The van der Waals surface area contributed by atoms with E-state index in [-0.39, 0.29) is 41.4 Å². The first-order chi connectivity index (χ1) is 15.6. The predicted molar refractivity (Wildman–Crippen MR) is 122 cm³/mol. The van der Waals surface area contributed by atoms with Crippen LogP contribution in [0.1, 0.15) is 28.8 Å². The molecule has 0 aromatic heterocycles. The van der Waals surface area contributed by atoms with Crippen molar-refractivity contribution in [1.82, 2.24) is 4.90 Å². The molecule has 2 aliphatic heterocycles. The molecule has 0 radical (unpaired) electrons. The molecule has 2 heterocycles. The van der Waals surface area contributed by atoms with Gasteiger partial charge in [-0.05, 0) is 54.0 Å². The van der Waals surface area contributed by atoms with Gasteiger partial charge in [0.2, 0.25) is 11.8 Å². The number of allylic oxidation sites excluding steroid dienone is 2. The standard InChI is InChI=1S/C27H24N2O3/c30-25(28-13-11-18(12-14-28)17-5-2-1-3-6-17)21-7-4-8-22(16-21)29-26(31)23-19-9-10-20(15-19)24(23)27(29)32/h1-11,16,19-20,23-24H,12-15H2/t19-,20-,23+,24+/m0/s1. The Morgan fingerprint density at radius 1 is 0.875 bits per heavy atom. The van der Waals surface area contributed by atoms with Gasteiger partial charge in [0.25, 0.3) is 5.91 Å². The molecule has 2 aromatic rings. The SMILES string of the molecule is O=C(c1cccc(N2C(=O)[C@H]3[C@H](C2=O)[C@H]2C=C[C@H]3C2)c1)N1CC=C(c2ccccc2)CC1. The van der Waals surface area contributed by atoms with Crippen molar-refractivity contribution in [2.45, 2.75) is 12.8 Å². The summed E-state index contributed by atoms with van der Waals surface area (Å²) in [4.78, 5) is 42.5. The van der Waals surface area contributed by atoms with Crippen molar-refractivity contribution in [3.8, 4) is 0 Å². The molecule has 5 heteroatoms. The highest BCUT2D eigenvalue weighted by atomic mass is 16.2. The maximum Gasteiger partial charge on any atom is 0.254 e. The number of amides is 3. The van der Waals surface area contributed by atoms with Gasteiger partial charge in [0.15, 0.2) is 0 Å². The summed E-state index contributed by atoms with van der Waals surface area (Å²) < 4.78 is 0. The number of fused-ring (bicyclic) bond motifs is 5. The van der Waals surface area contributed by atoms with Gasteiger partial charge in [-0.15, -0.1) is 0 Å². The average Bonchev–Trinajstić information content (AvgIpc) is 3.53. The number of carbonyl (C=O) groups is 3. The van der Waals surface area contributed by atoms with Crippen LogP contribution >= 0.6 is 0 Å². The van der Waals surface area contributed by atoms with Gasteiger partial charge in [-0.25, -0.2) is 4.90 Å². The third-order valence-corrected chi connectivity index (χ3v) is 7.46. The van der Waals surface area contributed by atoms with E-state index in [9.17, 15) is 14.4 Å². The number of benzene rings is 2. The number of imide groups is 1. The fraction of sp³-hybridized carbons (Fsp3) is 0.296. The first kappa shape index (κ1) is 19.2. The van der Waals surface area contributed by atoms with Crippen molar-refractivity contribution in [2.75, 3.05) is 18.0 Å². The second kappa shape index (κ2) is 7.30. The fourth-order valence-electron chi connectivity index (χ4n) is 5.89. The van der Waals surface area contributed by atoms with Gasteiger partial charge in [0.1, 0.15) is 0 Å². The summed E-state index contributed by atoms with van der Waals surface area (Å²) in [6.07, 6.45) is 8.00. The van der Waals surface area contributed by atoms with Crippen LogP contribution in [0.2, 0.25) is 0 Å². The second-order valence-electron chi connectivity index (χ2n) is 9.16. The number of carbonyl (C=O) groups excluding carboxylic acids is 3. The van der Waals surface area contributed by atoms with Crippen LogP contribution in [0, 0.1) is 23.7 Å². The molecule has 2 fully saturated rings. The van der Waals surface area contributed by atoms with Crippen LogP contribution in [-0.2, 0) is 9.59 Å². The van der Waals surface area contributed by atoms with E-state index < -0.39 is 0 Å². The number of hydrogen-bond acceptors (Lipinski definition) is 3. The Hall–Kier alpha value is -3.47. The molecule has 4 aliphatic rings. The molecular formula is C27H24N2O3. The zero-order valence-electron chi connectivity index (χ0n) is 17.7.